The zero-order valence-corrected chi connectivity index (χ0v) is 14.8. The van der Waals surface area contributed by atoms with Gasteiger partial charge in [0, 0.05) is 5.39 Å². The molecule has 2 aromatic carbocycles. The molecule has 24 heavy (non-hydrogen) atoms. The molecule has 0 saturated heterocycles. The Morgan fingerprint density at radius 1 is 0.958 bits per heavy atom. The van der Waals surface area contributed by atoms with E-state index in [9.17, 15) is 8.78 Å². The van der Waals surface area contributed by atoms with Crippen molar-refractivity contribution in [1.82, 2.24) is 0 Å². The van der Waals surface area contributed by atoms with E-state index in [2.05, 4.69) is 6.92 Å². The summed E-state index contributed by atoms with van der Waals surface area (Å²) in [5.74, 6) is 1.78. The van der Waals surface area contributed by atoms with Crippen LogP contribution in [-0.2, 0) is 0 Å². The van der Waals surface area contributed by atoms with Crippen molar-refractivity contribution in [2.45, 2.75) is 51.4 Å². The van der Waals surface area contributed by atoms with Gasteiger partial charge in [0.25, 0.3) is 0 Å². The van der Waals surface area contributed by atoms with Gasteiger partial charge >= 0.3 is 0 Å². The van der Waals surface area contributed by atoms with Crippen LogP contribution in [0.1, 0.15) is 56.9 Å². The Labute approximate surface area is 147 Å². The first-order valence-electron chi connectivity index (χ1n) is 9.10. The lowest BCUT2D eigenvalue weighted by molar-refractivity contribution is 0.124. The SMILES string of the molecule is CC1CCC2CC(c3ccc4c(F)c(Cl)c(F)cc4c3)CCC2C1. The van der Waals surface area contributed by atoms with Gasteiger partial charge in [-0.2, -0.15) is 0 Å². The van der Waals surface area contributed by atoms with E-state index in [1.807, 2.05) is 12.1 Å². The second kappa shape index (κ2) is 6.29. The van der Waals surface area contributed by atoms with Gasteiger partial charge in [-0.25, -0.2) is 8.78 Å². The third kappa shape index (κ3) is 2.83. The molecule has 4 rings (SSSR count). The van der Waals surface area contributed by atoms with Gasteiger partial charge in [-0.05, 0) is 72.8 Å². The van der Waals surface area contributed by atoms with E-state index in [0.717, 1.165) is 17.8 Å². The highest BCUT2D eigenvalue weighted by molar-refractivity contribution is 6.31. The second-order valence-corrected chi connectivity index (χ2v) is 8.29. The maximum atomic E-state index is 14.1. The highest BCUT2D eigenvalue weighted by Crippen LogP contribution is 2.47. The number of hydrogen-bond acceptors (Lipinski definition) is 0. The van der Waals surface area contributed by atoms with Gasteiger partial charge in [0.2, 0.25) is 0 Å². The lowest BCUT2D eigenvalue weighted by Gasteiger charge is -2.41. The van der Waals surface area contributed by atoms with Crippen LogP contribution in [0, 0.1) is 29.4 Å². The summed E-state index contributed by atoms with van der Waals surface area (Å²) in [7, 11) is 0. The largest absolute Gasteiger partial charge is 0.205 e. The van der Waals surface area contributed by atoms with Crippen LogP contribution in [-0.4, -0.2) is 0 Å². The average molecular weight is 349 g/mol. The van der Waals surface area contributed by atoms with Gasteiger partial charge in [-0.3, -0.25) is 0 Å². The Balaban J connectivity index is 1.62. The van der Waals surface area contributed by atoms with Gasteiger partial charge in [0.15, 0.2) is 5.82 Å². The van der Waals surface area contributed by atoms with Crippen LogP contribution >= 0.6 is 11.6 Å². The van der Waals surface area contributed by atoms with E-state index in [1.165, 1.54) is 50.2 Å². The first-order valence-corrected chi connectivity index (χ1v) is 9.48. The standard InChI is InChI=1S/C21H23ClF2/c1-12-2-3-14-9-15(5-4-13(14)8-12)16-6-7-18-17(10-16)11-19(23)20(22)21(18)24/h6-7,10-15H,2-5,8-9H2,1H3. The van der Waals surface area contributed by atoms with Crippen LogP contribution in [0.3, 0.4) is 0 Å². The minimum atomic E-state index is -0.677. The molecule has 0 N–H and O–H groups in total. The normalized spacial score (nSPS) is 30.3. The van der Waals surface area contributed by atoms with Gasteiger partial charge in [-0.15, -0.1) is 0 Å². The van der Waals surface area contributed by atoms with Crippen LogP contribution in [0.25, 0.3) is 10.8 Å². The summed E-state index contributed by atoms with van der Waals surface area (Å²) >= 11 is 5.68. The van der Waals surface area contributed by atoms with Crippen LogP contribution in [0.4, 0.5) is 8.78 Å². The molecule has 2 fully saturated rings. The molecule has 0 aliphatic heterocycles. The number of halogens is 3. The van der Waals surface area contributed by atoms with Crippen molar-refractivity contribution in [3.05, 3.63) is 46.5 Å². The summed E-state index contributed by atoms with van der Waals surface area (Å²) in [4.78, 5) is 0. The molecule has 4 atom stereocenters. The highest BCUT2D eigenvalue weighted by atomic mass is 35.5. The van der Waals surface area contributed by atoms with Gasteiger partial charge in [0.1, 0.15) is 10.8 Å². The zero-order valence-electron chi connectivity index (χ0n) is 14.0. The summed E-state index contributed by atoms with van der Waals surface area (Å²) in [6, 6.07) is 7.10. The maximum Gasteiger partial charge on any atom is 0.152 e. The summed E-state index contributed by atoms with van der Waals surface area (Å²) in [6.07, 6.45) is 7.78. The fraction of sp³-hybridized carbons (Fsp3) is 0.524. The lowest BCUT2D eigenvalue weighted by atomic mass is 9.64. The molecule has 0 heterocycles. The van der Waals surface area contributed by atoms with Gasteiger partial charge in [-0.1, -0.05) is 43.1 Å². The number of fused-ring (bicyclic) bond motifs is 2. The van der Waals surface area contributed by atoms with E-state index in [0.29, 0.717) is 16.7 Å². The quantitative estimate of drug-likeness (QED) is 0.482. The van der Waals surface area contributed by atoms with Crippen molar-refractivity contribution in [1.29, 1.82) is 0 Å². The smallest absolute Gasteiger partial charge is 0.152 e. The van der Waals surface area contributed by atoms with Crippen LogP contribution < -0.4 is 0 Å². The topological polar surface area (TPSA) is 0 Å². The predicted molar refractivity (Wildman–Crippen MR) is 95.5 cm³/mol. The summed E-state index contributed by atoms with van der Waals surface area (Å²) in [5, 5.41) is 0.615. The second-order valence-electron chi connectivity index (χ2n) is 7.92. The molecule has 3 heteroatoms. The average Bonchev–Trinajstić information content (AvgIpc) is 2.59. The van der Waals surface area contributed by atoms with E-state index < -0.39 is 16.7 Å². The number of hydrogen-bond donors (Lipinski definition) is 0. The first-order chi connectivity index (χ1) is 11.5. The van der Waals surface area contributed by atoms with Crippen LogP contribution in [0.5, 0.6) is 0 Å². The van der Waals surface area contributed by atoms with Gasteiger partial charge < -0.3 is 0 Å². The molecule has 2 saturated carbocycles. The van der Waals surface area contributed by atoms with Crippen molar-refractivity contribution in [3.8, 4) is 0 Å². The number of rotatable bonds is 1. The number of benzene rings is 2. The first kappa shape index (κ1) is 16.3. The van der Waals surface area contributed by atoms with Crippen LogP contribution in [0.2, 0.25) is 5.02 Å². The maximum absolute atomic E-state index is 14.1. The highest BCUT2D eigenvalue weighted by Gasteiger charge is 2.34. The molecule has 0 radical (unpaired) electrons. The fourth-order valence-electron chi connectivity index (χ4n) is 5.00. The van der Waals surface area contributed by atoms with E-state index in [1.54, 1.807) is 6.07 Å². The molecule has 4 unspecified atom stereocenters. The molecular formula is C21H23ClF2. The predicted octanol–water partition coefficient (Wildman–Crippen LogP) is 7.09. The molecule has 0 aromatic heterocycles. The van der Waals surface area contributed by atoms with E-state index in [-0.39, 0.29) is 0 Å². The molecular weight excluding hydrogens is 326 g/mol. The molecule has 0 nitrogen and oxygen atoms in total. The third-order valence-corrected chi connectivity index (χ3v) is 6.69. The van der Waals surface area contributed by atoms with E-state index >= 15 is 0 Å². The Morgan fingerprint density at radius 2 is 1.71 bits per heavy atom. The molecule has 2 aliphatic carbocycles. The van der Waals surface area contributed by atoms with Crippen molar-refractivity contribution < 1.29 is 8.78 Å². The van der Waals surface area contributed by atoms with E-state index in [4.69, 9.17) is 11.6 Å². The summed E-state index contributed by atoms with van der Waals surface area (Å²) in [6.45, 7) is 2.37. The van der Waals surface area contributed by atoms with Crippen LogP contribution in [0.15, 0.2) is 24.3 Å². The van der Waals surface area contributed by atoms with Crippen molar-refractivity contribution in [3.63, 3.8) is 0 Å². The minimum absolute atomic E-state index is 0.408. The van der Waals surface area contributed by atoms with Crippen molar-refractivity contribution in [2.24, 2.45) is 17.8 Å². The molecule has 0 bridgehead atoms. The van der Waals surface area contributed by atoms with Crippen molar-refractivity contribution in [2.75, 3.05) is 0 Å². The van der Waals surface area contributed by atoms with Crippen molar-refractivity contribution >= 4 is 22.4 Å². The molecule has 2 aliphatic rings. The monoisotopic (exact) mass is 348 g/mol. The lowest BCUT2D eigenvalue weighted by Crippen LogP contribution is -2.29. The minimum Gasteiger partial charge on any atom is -0.205 e. The molecule has 0 spiro atoms. The Bertz CT molecular complexity index is 770. The molecule has 2 aromatic rings. The summed E-state index contributed by atoms with van der Waals surface area (Å²) in [5.41, 5.74) is 1.22. The van der Waals surface area contributed by atoms with Gasteiger partial charge in [0.05, 0.1) is 0 Å². The fourth-order valence-corrected chi connectivity index (χ4v) is 5.16. The Morgan fingerprint density at radius 3 is 2.54 bits per heavy atom. The summed E-state index contributed by atoms with van der Waals surface area (Å²) < 4.78 is 27.9. The Hall–Kier alpha value is -1.15. The molecule has 0 amide bonds. The Kier molecular flexibility index (Phi) is 4.28. The molecule has 128 valence electrons. The third-order valence-electron chi connectivity index (χ3n) is 6.34. The zero-order chi connectivity index (χ0) is 16.8.